The number of hydrogen-bond acceptors (Lipinski definition) is 3. The summed E-state index contributed by atoms with van der Waals surface area (Å²) in [5.41, 5.74) is 1.67. The highest BCUT2D eigenvalue weighted by molar-refractivity contribution is 7.99. The van der Waals surface area contributed by atoms with E-state index in [1.807, 2.05) is 13.8 Å². The van der Waals surface area contributed by atoms with Crippen LogP contribution in [-0.2, 0) is 21.9 Å². The Kier molecular flexibility index (Phi) is 9.30. The van der Waals surface area contributed by atoms with Crippen LogP contribution in [-0.4, -0.2) is 34.6 Å². The first-order valence-corrected chi connectivity index (χ1v) is 11.1. The van der Waals surface area contributed by atoms with E-state index in [9.17, 15) is 18.4 Å². The Balaban J connectivity index is 2.06. The molecule has 0 fully saturated rings. The summed E-state index contributed by atoms with van der Waals surface area (Å²) >= 11 is 1.40. The van der Waals surface area contributed by atoms with Gasteiger partial charge in [0.2, 0.25) is 11.8 Å². The lowest BCUT2D eigenvalue weighted by atomic mass is 10.1. The highest BCUT2D eigenvalue weighted by Crippen LogP contribution is 2.17. The first kappa shape index (κ1) is 23.9. The summed E-state index contributed by atoms with van der Waals surface area (Å²) in [4.78, 5) is 27.1. The molecule has 0 saturated carbocycles. The third kappa shape index (κ3) is 7.44. The lowest BCUT2D eigenvalue weighted by Crippen LogP contribution is -2.50. The molecule has 0 aliphatic carbocycles. The molecule has 0 aliphatic rings. The van der Waals surface area contributed by atoms with E-state index >= 15 is 0 Å². The molecule has 0 unspecified atom stereocenters. The maximum absolute atomic E-state index is 13.2. The molecule has 7 heteroatoms. The van der Waals surface area contributed by atoms with Crippen LogP contribution in [0.1, 0.15) is 38.3 Å². The van der Waals surface area contributed by atoms with E-state index in [2.05, 4.69) is 5.32 Å². The number of nitrogens with zero attached hydrogens (tertiary/aromatic N) is 1. The lowest BCUT2D eigenvalue weighted by molar-refractivity contribution is -0.138. The van der Waals surface area contributed by atoms with Gasteiger partial charge in [-0.3, -0.25) is 9.59 Å². The van der Waals surface area contributed by atoms with Gasteiger partial charge in [-0.25, -0.2) is 8.78 Å². The molecule has 1 N–H and O–H groups in total. The molecule has 30 heavy (non-hydrogen) atoms. The molecule has 0 radical (unpaired) electrons. The summed E-state index contributed by atoms with van der Waals surface area (Å²) in [5, 5.41) is 2.91. The van der Waals surface area contributed by atoms with Gasteiger partial charge in [-0.1, -0.05) is 31.2 Å². The van der Waals surface area contributed by atoms with Crippen molar-refractivity contribution in [2.45, 2.75) is 51.6 Å². The van der Waals surface area contributed by atoms with Crippen molar-refractivity contribution in [2.24, 2.45) is 0 Å². The summed E-state index contributed by atoms with van der Waals surface area (Å²) in [7, 11) is 0. The van der Waals surface area contributed by atoms with Gasteiger partial charge < -0.3 is 10.2 Å². The topological polar surface area (TPSA) is 49.4 Å². The molecule has 0 aromatic heterocycles. The van der Waals surface area contributed by atoms with Gasteiger partial charge in [-0.15, -0.1) is 11.8 Å². The lowest BCUT2D eigenvalue weighted by Gasteiger charge is -2.29. The third-order valence-electron chi connectivity index (χ3n) is 4.84. The van der Waals surface area contributed by atoms with Crippen LogP contribution in [0.15, 0.2) is 48.5 Å². The van der Waals surface area contributed by atoms with Crippen molar-refractivity contribution >= 4 is 23.6 Å². The Morgan fingerprint density at radius 3 is 2.03 bits per heavy atom. The normalized spacial score (nSPS) is 12.8. The summed E-state index contributed by atoms with van der Waals surface area (Å²) in [6.45, 7) is 5.80. The maximum atomic E-state index is 13.2. The number of nitrogens with one attached hydrogen (secondary N) is 1. The monoisotopic (exact) mass is 434 g/mol. The number of carbonyl (C=O) groups is 2. The standard InChI is InChI=1S/C23H28F2N2O2S/c1-4-16(2)26-23(29)17(3)27(13-18-5-9-20(24)10-6-18)22(28)15-30-14-19-7-11-21(25)12-8-19/h5-12,16-17H,4,13-15H2,1-3H3,(H,26,29)/t16-,17-/m0/s1. The summed E-state index contributed by atoms with van der Waals surface area (Å²) in [6, 6.07) is 11.4. The predicted molar refractivity (Wildman–Crippen MR) is 117 cm³/mol. The zero-order valence-electron chi connectivity index (χ0n) is 17.5. The predicted octanol–water partition coefficient (Wildman–Crippen LogP) is 4.53. The van der Waals surface area contributed by atoms with Crippen LogP contribution in [0.3, 0.4) is 0 Å². The van der Waals surface area contributed by atoms with E-state index in [0.29, 0.717) is 5.75 Å². The van der Waals surface area contributed by atoms with Crippen molar-refractivity contribution in [3.05, 3.63) is 71.3 Å². The minimum atomic E-state index is -0.664. The van der Waals surface area contributed by atoms with Crippen LogP contribution in [0.4, 0.5) is 8.78 Å². The van der Waals surface area contributed by atoms with E-state index in [0.717, 1.165) is 17.5 Å². The molecule has 162 valence electrons. The Labute approximate surface area is 181 Å². The molecule has 0 spiro atoms. The van der Waals surface area contributed by atoms with Crippen LogP contribution in [0.25, 0.3) is 0 Å². The number of carbonyl (C=O) groups excluding carboxylic acids is 2. The molecular weight excluding hydrogens is 406 g/mol. The van der Waals surface area contributed by atoms with Gasteiger partial charge in [-0.2, -0.15) is 0 Å². The Morgan fingerprint density at radius 2 is 1.50 bits per heavy atom. The number of halogens is 2. The molecule has 2 rings (SSSR count). The van der Waals surface area contributed by atoms with Gasteiger partial charge in [0, 0.05) is 18.3 Å². The molecule has 4 nitrogen and oxygen atoms in total. The van der Waals surface area contributed by atoms with E-state index in [1.165, 1.54) is 40.9 Å². The van der Waals surface area contributed by atoms with Gasteiger partial charge >= 0.3 is 0 Å². The Morgan fingerprint density at radius 1 is 0.967 bits per heavy atom. The van der Waals surface area contributed by atoms with Crippen molar-refractivity contribution in [3.63, 3.8) is 0 Å². The van der Waals surface area contributed by atoms with E-state index < -0.39 is 6.04 Å². The summed E-state index contributed by atoms with van der Waals surface area (Å²) in [5.74, 6) is -0.314. The fourth-order valence-electron chi connectivity index (χ4n) is 2.75. The molecule has 0 bridgehead atoms. The number of benzene rings is 2. The van der Waals surface area contributed by atoms with Crippen molar-refractivity contribution in [1.82, 2.24) is 10.2 Å². The van der Waals surface area contributed by atoms with Gasteiger partial charge in [0.25, 0.3) is 0 Å². The SMILES string of the molecule is CC[C@H](C)NC(=O)[C@H](C)N(Cc1ccc(F)cc1)C(=O)CSCc1ccc(F)cc1. The molecule has 0 saturated heterocycles. The average Bonchev–Trinajstić information content (AvgIpc) is 2.74. The molecule has 2 aromatic rings. The van der Waals surface area contributed by atoms with Gasteiger partial charge in [0.15, 0.2) is 0 Å². The van der Waals surface area contributed by atoms with Crippen molar-refractivity contribution in [2.75, 3.05) is 5.75 Å². The maximum Gasteiger partial charge on any atom is 0.242 e. The zero-order valence-corrected chi connectivity index (χ0v) is 18.3. The summed E-state index contributed by atoms with van der Waals surface area (Å²) < 4.78 is 26.3. The van der Waals surface area contributed by atoms with Crippen molar-refractivity contribution in [3.8, 4) is 0 Å². The second-order valence-corrected chi connectivity index (χ2v) is 8.25. The smallest absolute Gasteiger partial charge is 0.242 e. The van der Waals surface area contributed by atoms with E-state index in [-0.39, 0.29) is 41.8 Å². The van der Waals surface area contributed by atoms with E-state index in [4.69, 9.17) is 0 Å². The number of thioether (sulfide) groups is 1. The van der Waals surface area contributed by atoms with Crippen molar-refractivity contribution < 1.29 is 18.4 Å². The van der Waals surface area contributed by atoms with Crippen LogP contribution < -0.4 is 5.32 Å². The Hall–Kier alpha value is -2.41. The molecule has 0 aliphatic heterocycles. The Bertz CT molecular complexity index is 828. The molecular formula is C23H28F2N2O2S. The first-order chi connectivity index (χ1) is 14.3. The molecule has 0 heterocycles. The zero-order chi connectivity index (χ0) is 22.1. The largest absolute Gasteiger partial charge is 0.352 e. The minimum absolute atomic E-state index is 0.00979. The highest BCUT2D eigenvalue weighted by atomic mass is 32.2. The van der Waals surface area contributed by atoms with Gasteiger partial charge in [0.1, 0.15) is 17.7 Å². The van der Waals surface area contributed by atoms with Crippen LogP contribution in [0.5, 0.6) is 0 Å². The average molecular weight is 435 g/mol. The second kappa shape index (κ2) is 11.7. The number of rotatable bonds is 10. The second-order valence-electron chi connectivity index (χ2n) is 7.26. The number of amides is 2. The highest BCUT2D eigenvalue weighted by Gasteiger charge is 2.26. The quantitative estimate of drug-likeness (QED) is 0.598. The minimum Gasteiger partial charge on any atom is -0.352 e. The van der Waals surface area contributed by atoms with Crippen LogP contribution in [0, 0.1) is 11.6 Å². The van der Waals surface area contributed by atoms with Crippen LogP contribution >= 0.6 is 11.8 Å². The fourth-order valence-corrected chi connectivity index (χ4v) is 3.63. The number of hydrogen-bond donors (Lipinski definition) is 1. The fraction of sp³-hybridized carbons (Fsp3) is 0.391. The van der Waals surface area contributed by atoms with E-state index in [1.54, 1.807) is 31.2 Å². The molecule has 2 aromatic carbocycles. The molecule has 2 atom stereocenters. The first-order valence-electron chi connectivity index (χ1n) is 9.96. The third-order valence-corrected chi connectivity index (χ3v) is 5.83. The van der Waals surface area contributed by atoms with Gasteiger partial charge in [0.05, 0.1) is 5.75 Å². The summed E-state index contributed by atoms with van der Waals surface area (Å²) in [6.07, 6.45) is 0.790. The van der Waals surface area contributed by atoms with Crippen LogP contribution in [0.2, 0.25) is 0 Å². The van der Waals surface area contributed by atoms with Crippen molar-refractivity contribution in [1.29, 1.82) is 0 Å². The molecule has 2 amide bonds. The van der Waals surface area contributed by atoms with Gasteiger partial charge in [-0.05, 0) is 55.7 Å².